The summed E-state index contributed by atoms with van der Waals surface area (Å²) in [7, 11) is 1.60. The molecule has 30 heavy (non-hydrogen) atoms. The molecule has 0 aromatic carbocycles. The van der Waals surface area contributed by atoms with Crippen molar-refractivity contribution in [2.75, 3.05) is 7.11 Å². The molecule has 1 amide bonds. The lowest BCUT2D eigenvalue weighted by Gasteiger charge is -2.37. The van der Waals surface area contributed by atoms with Crippen molar-refractivity contribution in [2.24, 2.45) is 0 Å². The second kappa shape index (κ2) is 7.64. The fraction of sp³-hybridized carbons (Fsp3) is 0.476. The molecule has 0 aliphatic carbocycles. The summed E-state index contributed by atoms with van der Waals surface area (Å²) in [5.74, 6) is 1.90. The molecule has 5 rings (SSSR count). The van der Waals surface area contributed by atoms with Crippen LogP contribution in [0.1, 0.15) is 59.3 Å². The summed E-state index contributed by atoms with van der Waals surface area (Å²) < 4.78 is 16.1. The van der Waals surface area contributed by atoms with Crippen molar-refractivity contribution >= 4 is 5.91 Å². The number of pyridine rings is 1. The summed E-state index contributed by atoms with van der Waals surface area (Å²) in [4.78, 5) is 23.9. The van der Waals surface area contributed by atoms with E-state index in [1.54, 1.807) is 26.4 Å². The largest absolute Gasteiger partial charge is 0.380 e. The van der Waals surface area contributed by atoms with Crippen molar-refractivity contribution in [1.29, 1.82) is 0 Å². The van der Waals surface area contributed by atoms with Gasteiger partial charge in [-0.15, -0.1) is 0 Å². The Balaban J connectivity index is 1.34. The highest BCUT2D eigenvalue weighted by Crippen LogP contribution is 2.43. The topological polar surface area (TPSA) is 107 Å². The van der Waals surface area contributed by atoms with Crippen LogP contribution in [0, 0.1) is 6.92 Å². The highest BCUT2D eigenvalue weighted by Gasteiger charge is 2.46. The molecule has 2 aliphatic heterocycles. The molecule has 9 nitrogen and oxygen atoms in total. The smallest absolute Gasteiger partial charge is 0.276 e. The maximum absolute atomic E-state index is 13.3. The van der Waals surface area contributed by atoms with Gasteiger partial charge in [0.25, 0.3) is 5.91 Å². The lowest BCUT2D eigenvalue weighted by Crippen LogP contribution is -2.46. The molecule has 0 spiro atoms. The Bertz CT molecular complexity index is 1030. The molecule has 2 saturated heterocycles. The third-order valence-electron chi connectivity index (χ3n) is 6.17. The average molecular weight is 409 g/mol. The minimum atomic E-state index is -0.0761. The van der Waals surface area contributed by atoms with Crippen LogP contribution in [0.4, 0.5) is 0 Å². The van der Waals surface area contributed by atoms with Crippen molar-refractivity contribution in [3.63, 3.8) is 0 Å². The summed E-state index contributed by atoms with van der Waals surface area (Å²) in [6.45, 7) is 2.11. The van der Waals surface area contributed by atoms with E-state index in [1.807, 2.05) is 17.0 Å². The quantitative estimate of drug-likeness (QED) is 0.632. The van der Waals surface area contributed by atoms with Gasteiger partial charge in [-0.2, -0.15) is 4.98 Å². The molecule has 0 N–H and O–H groups in total. The van der Waals surface area contributed by atoms with Gasteiger partial charge in [0.15, 0.2) is 5.69 Å². The molecule has 0 radical (unpaired) electrons. The lowest BCUT2D eigenvalue weighted by molar-refractivity contribution is 0.0540. The Morgan fingerprint density at radius 3 is 2.60 bits per heavy atom. The van der Waals surface area contributed by atoms with Crippen LogP contribution in [-0.4, -0.2) is 50.3 Å². The van der Waals surface area contributed by atoms with Crippen molar-refractivity contribution in [1.82, 2.24) is 25.2 Å². The Morgan fingerprint density at radius 2 is 1.90 bits per heavy atom. The first-order valence-corrected chi connectivity index (χ1v) is 10.2. The van der Waals surface area contributed by atoms with Crippen LogP contribution >= 0.6 is 0 Å². The summed E-state index contributed by atoms with van der Waals surface area (Å²) in [5.41, 5.74) is 1.97. The molecule has 1 unspecified atom stereocenters. The van der Waals surface area contributed by atoms with E-state index in [2.05, 4.69) is 20.3 Å². The van der Waals surface area contributed by atoms with E-state index in [4.69, 9.17) is 13.8 Å². The number of piperidine rings is 1. The Morgan fingerprint density at radius 1 is 1.17 bits per heavy atom. The third kappa shape index (κ3) is 3.19. The van der Waals surface area contributed by atoms with Crippen LogP contribution in [0.25, 0.3) is 11.4 Å². The second-order valence-corrected chi connectivity index (χ2v) is 7.96. The van der Waals surface area contributed by atoms with Crippen LogP contribution in [0.2, 0.25) is 0 Å². The Labute approximate surface area is 173 Å². The number of amides is 1. The van der Waals surface area contributed by atoms with Crippen LogP contribution in [-0.2, 0) is 11.3 Å². The zero-order valence-corrected chi connectivity index (χ0v) is 16.9. The zero-order chi connectivity index (χ0) is 20.7. The van der Waals surface area contributed by atoms with Crippen LogP contribution in [0.15, 0.2) is 33.6 Å². The van der Waals surface area contributed by atoms with Crippen LogP contribution < -0.4 is 0 Å². The molecule has 2 aliphatic rings. The van der Waals surface area contributed by atoms with Crippen LogP contribution in [0.5, 0.6) is 0 Å². The SMILES string of the molecule is COCc1c(C(=O)N2[C@@H]3CC[C@H]2CC(c2nc(-c4ccncc4)no2)C3)noc1C. The van der Waals surface area contributed by atoms with E-state index in [0.29, 0.717) is 29.8 Å². The summed E-state index contributed by atoms with van der Waals surface area (Å²) in [6.07, 6.45) is 6.95. The van der Waals surface area contributed by atoms with Gasteiger partial charge in [0.2, 0.25) is 11.7 Å². The fourth-order valence-electron chi connectivity index (χ4n) is 4.73. The molecule has 9 heteroatoms. The second-order valence-electron chi connectivity index (χ2n) is 7.96. The van der Waals surface area contributed by atoms with E-state index in [9.17, 15) is 4.79 Å². The first-order valence-electron chi connectivity index (χ1n) is 10.2. The van der Waals surface area contributed by atoms with Gasteiger partial charge < -0.3 is 18.7 Å². The van der Waals surface area contributed by atoms with Crippen molar-refractivity contribution in [2.45, 2.75) is 57.2 Å². The molecular formula is C21H23N5O4. The fourth-order valence-corrected chi connectivity index (χ4v) is 4.73. The van der Waals surface area contributed by atoms with E-state index in [0.717, 1.165) is 36.8 Å². The number of hydrogen-bond donors (Lipinski definition) is 0. The van der Waals surface area contributed by atoms with Crippen molar-refractivity contribution < 1.29 is 18.6 Å². The van der Waals surface area contributed by atoms with Crippen LogP contribution in [0.3, 0.4) is 0 Å². The molecule has 5 heterocycles. The number of aryl methyl sites for hydroxylation is 1. The highest BCUT2D eigenvalue weighted by molar-refractivity contribution is 5.94. The van der Waals surface area contributed by atoms with E-state index in [-0.39, 0.29) is 23.9 Å². The predicted octanol–water partition coefficient (Wildman–Crippen LogP) is 3.13. The van der Waals surface area contributed by atoms with Gasteiger partial charge in [0.05, 0.1) is 12.2 Å². The molecule has 2 bridgehead atoms. The lowest BCUT2D eigenvalue weighted by atomic mass is 9.90. The standard InChI is InChI=1S/C21H23N5O4/c1-12-17(11-28-2)18(24-29-12)21(27)26-15-3-4-16(26)10-14(9-15)20-23-19(25-30-20)13-5-7-22-8-6-13/h5-8,14-16H,3-4,9-11H2,1-2H3/t14?,15-,16+. The molecule has 0 saturated carbocycles. The normalized spacial score (nSPS) is 23.1. The molecule has 2 fully saturated rings. The molecule has 3 aromatic rings. The number of carbonyl (C=O) groups excluding carboxylic acids is 1. The molecule has 3 aromatic heterocycles. The predicted molar refractivity (Wildman–Crippen MR) is 104 cm³/mol. The minimum Gasteiger partial charge on any atom is -0.380 e. The number of ether oxygens (including phenoxy) is 1. The number of hydrogen-bond acceptors (Lipinski definition) is 8. The van der Waals surface area contributed by atoms with Crippen molar-refractivity contribution in [3.05, 3.63) is 47.4 Å². The number of nitrogens with zero attached hydrogens (tertiary/aromatic N) is 5. The van der Waals surface area contributed by atoms with Gasteiger partial charge in [-0.05, 0) is 44.7 Å². The van der Waals surface area contributed by atoms with E-state index in [1.165, 1.54) is 0 Å². The Kier molecular flexibility index (Phi) is 4.82. The third-order valence-corrected chi connectivity index (χ3v) is 6.17. The molecule has 3 atom stereocenters. The molecule has 156 valence electrons. The highest BCUT2D eigenvalue weighted by atomic mass is 16.5. The van der Waals surface area contributed by atoms with E-state index >= 15 is 0 Å². The number of carbonyl (C=O) groups is 1. The Hall–Kier alpha value is -3.07. The van der Waals surface area contributed by atoms with Gasteiger partial charge in [-0.25, -0.2) is 0 Å². The number of aromatic nitrogens is 4. The number of fused-ring (bicyclic) bond motifs is 2. The van der Waals surface area contributed by atoms with Gasteiger partial charge in [-0.3, -0.25) is 9.78 Å². The van der Waals surface area contributed by atoms with E-state index < -0.39 is 0 Å². The maximum atomic E-state index is 13.3. The maximum Gasteiger partial charge on any atom is 0.276 e. The first kappa shape index (κ1) is 18.9. The average Bonchev–Trinajstić information content (AvgIpc) is 3.46. The van der Waals surface area contributed by atoms with Gasteiger partial charge in [0, 0.05) is 43.1 Å². The zero-order valence-electron chi connectivity index (χ0n) is 16.9. The van der Waals surface area contributed by atoms with Gasteiger partial charge >= 0.3 is 0 Å². The monoisotopic (exact) mass is 409 g/mol. The summed E-state index contributed by atoms with van der Waals surface area (Å²) in [6, 6.07) is 3.98. The minimum absolute atomic E-state index is 0.0761. The summed E-state index contributed by atoms with van der Waals surface area (Å²) in [5, 5.41) is 8.17. The first-order chi connectivity index (χ1) is 14.7. The van der Waals surface area contributed by atoms with Crippen molar-refractivity contribution in [3.8, 4) is 11.4 Å². The number of methoxy groups -OCH3 is 1. The molecular weight excluding hydrogens is 386 g/mol. The summed E-state index contributed by atoms with van der Waals surface area (Å²) >= 11 is 0. The van der Waals surface area contributed by atoms with Gasteiger partial charge in [-0.1, -0.05) is 10.3 Å². The number of rotatable bonds is 5. The van der Waals surface area contributed by atoms with Gasteiger partial charge in [0.1, 0.15) is 5.76 Å².